The van der Waals surface area contributed by atoms with E-state index in [-0.39, 0.29) is 0 Å². The van der Waals surface area contributed by atoms with Gasteiger partial charge in [-0.25, -0.2) is 0 Å². The summed E-state index contributed by atoms with van der Waals surface area (Å²) in [4.78, 5) is 1.11. The number of nitrogen functional groups attached to an aromatic ring is 1. The molecule has 0 unspecified atom stereocenters. The third kappa shape index (κ3) is 1.34. The quantitative estimate of drug-likeness (QED) is 0.822. The van der Waals surface area contributed by atoms with Gasteiger partial charge in [0.25, 0.3) is 0 Å². The second kappa shape index (κ2) is 3.06. The lowest BCUT2D eigenvalue weighted by Crippen LogP contribution is -1.76. The van der Waals surface area contributed by atoms with E-state index in [0.29, 0.717) is 5.88 Å². The van der Waals surface area contributed by atoms with Crippen LogP contribution in [0.4, 0.5) is 5.88 Å². The second-order valence-corrected chi connectivity index (χ2v) is 4.29. The number of anilines is 1. The zero-order chi connectivity index (χ0) is 8.55. The molecule has 0 aromatic carbocycles. The minimum atomic E-state index is 0.356. The molecule has 0 saturated carbocycles. The Hall–Kier alpha value is -0.560. The van der Waals surface area contributed by atoms with Crippen LogP contribution in [0.1, 0.15) is 0 Å². The van der Waals surface area contributed by atoms with Crippen LogP contribution in [-0.4, -0.2) is 5.16 Å². The SMILES string of the molecule is Nc1cc(-c2sccc2I)no1. The fraction of sp³-hybridized carbons (Fsp3) is 0. The lowest BCUT2D eigenvalue weighted by atomic mass is 10.3. The lowest BCUT2D eigenvalue weighted by molar-refractivity contribution is 0.439. The van der Waals surface area contributed by atoms with Gasteiger partial charge in [0.1, 0.15) is 5.69 Å². The number of halogens is 1. The van der Waals surface area contributed by atoms with Gasteiger partial charge in [-0.05, 0) is 34.0 Å². The average molecular weight is 292 g/mol. The van der Waals surface area contributed by atoms with Crippen molar-refractivity contribution >= 4 is 39.8 Å². The van der Waals surface area contributed by atoms with Crippen molar-refractivity contribution in [2.75, 3.05) is 5.73 Å². The van der Waals surface area contributed by atoms with Gasteiger partial charge in [0.05, 0.1) is 4.88 Å². The average Bonchev–Trinajstić information content (AvgIpc) is 2.58. The van der Waals surface area contributed by atoms with E-state index >= 15 is 0 Å². The third-order valence-electron chi connectivity index (χ3n) is 1.38. The predicted molar refractivity (Wildman–Crippen MR) is 56.9 cm³/mol. The number of thiophene rings is 1. The van der Waals surface area contributed by atoms with Crippen molar-refractivity contribution in [3.8, 4) is 10.6 Å². The molecule has 62 valence electrons. The molecule has 0 atom stereocenters. The van der Waals surface area contributed by atoms with E-state index in [1.54, 1.807) is 17.4 Å². The summed E-state index contributed by atoms with van der Waals surface area (Å²) in [5.74, 6) is 0.356. The maximum atomic E-state index is 5.41. The van der Waals surface area contributed by atoms with Crippen molar-refractivity contribution < 1.29 is 4.52 Å². The fourth-order valence-corrected chi connectivity index (χ4v) is 2.69. The number of hydrogen-bond acceptors (Lipinski definition) is 4. The first-order valence-electron chi connectivity index (χ1n) is 3.23. The Morgan fingerprint density at radius 1 is 1.58 bits per heavy atom. The van der Waals surface area contributed by atoms with Crippen LogP contribution >= 0.6 is 33.9 Å². The molecule has 0 fully saturated rings. The minimum Gasteiger partial charge on any atom is -0.368 e. The van der Waals surface area contributed by atoms with Crippen molar-refractivity contribution in [2.24, 2.45) is 0 Å². The molecule has 0 aliphatic carbocycles. The topological polar surface area (TPSA) is 52.0 Å². The molecular weight excluding hydrogens is 287 g/mol. The van der Waals surface area contributed by atoms with E-state index < -0.39 is 0 Å². The Balaban J connectivity index is 2.50. The highest BCUT2D eigenvalue weighted by Crippen LogP contribution is 2.30. The number of rotatable bonds is 1. The Morgan fingerprint density at radius 2 is 2.42 bits per heavy atom. The Labute approximate surface area is 86.7 Å². The standard InChI is InChI=1S/C7H5IN2OS/c8-4-1-2-12-7(4)5-3-6(9)11-10-5/h1-3H,9H2. The van der Waals surface area contributed by atoms with Crippen LogP contribution in [-0.2, 0) is 0 Å². The monoisotopic (exact) mass is 292 g/mol. The van der Waals surface area contributed by atoms with Crippen LogP contribution in [0.2, 0.25) is 0 Å². The van der Waals surface area contributed by atoms with Crippen LogP contribution in [0.15, 0.2) is 22.0 Å². The van der Waals surface area contributed by atoms with Gasteiger partial charge >= 0.3 is 0 Å². The molecule has 2 N–H and O–H groups in total. The summed E-state index contributed by atoms with van der Waals surface area (Å²) in [6, 6.07) is 3.76. The molecule has 0 aliphatic heterocycles. The smallest absolute Gasteiger partial charge is 0.222 e. The Morgan fingerprint density at radius 3 is 2.92 bits per heavy atom. The van der Waals surface area contributed by atoms with Gasteiger partial charge in [0.2, 0.25) is 5.88 Å². The summed E-state index contributed by atoms with van der Waals surface area (Å²) in [7, 11) is 0. The largest absolute Gasteiger partial charge is 0.368 e. The molecule has 2 aromatic rings. The van der Waals surface area contributed by atoms with Crippen molar-refractivity contribution in [2.45, 2.75) is 0 Å². The molecule has 0 amide bonds. The minimum absolute atomic E-state index is 0.356. The second-order valence-electron chi connectivity index (χ2n) is 2.21. The van der Waals surface area contributed by atoms with Crippen LogP contribution in [0.5, 0.6) is 0 Å². The van der Waals surface area contributed by atoms with Crippen molar-refractivity contribution in [3.63, 3.8) is 0 Å². The summed E-state index contributed by atoms with van der Waals surface area (Å²) >= 11 is 3.89. The Bertz CT molecular complexity index is 396. The summed E-state index contributed by atoms with van der Waals surface area (Å²) in [6.45, 7) is 0. The molecule has 12 heavy (non-hydrogen) atoms. The van der Waals surface area contributed by atoms with Crippen LogP contribution < -0.4 is 5.73 Å². The molecule has 5 heteroatoms. The zero-order valence-electron chi connectivity index (χ0n) is 5.95. The third-order valence-corrected chi connectivity index (χ3v) is 3.58. The summed E-state index contributed by atoms with van der Waals surface area (Å²) in [5.41, 5.74) is 6.22. The fourth-order valence-electron chi connectivity index (χ4n) is 0.873. The first-order valence-corrected chi connectivity index (χ1v) is 5.19. The highest BCUT2D eigenvalue weighted by atomic mass is 127. The van der Waals surface area contributed by atoms with Gasteiger partial charge < -0.3 is 10.3 Å². The maximum absolute atomic E-state index is 5.41. The maximum Gasteiger partial charge on any atom is 0.222 e. The number of nitrogens with two attached hydrogens (primary N) is 1. The van der Waals surface area contributed by atoms with E-state index in [4.69, 9.17) is 10.3 Å². The summed E-state index contributed by atoms with van der Waals surface area (Å²) in [6.07, 6.45) is 0. The normalized spacial score (nSPS) is 10.4. The van der Waals surface area contributed by atoms with Crippen LogP contribution in [0.25, 0.3) is 10.6 Å². The first kappa shape index (κ1) is 8.06. The summed E-state index contributed by atoms with van der Waals surface area (Å²) in [5, 5.41) is 5.84. The lowest BCUT2D eigenvalue weighted by Gasteiger charge is -1.87. The number of aromatic nitrogens is 1. The van der Waals surface area contributed by atoms with Gasteiger partial charge in [-0.1, -0.05) is 5.16 Å². The summed E-state index contributed by atoms with van der Waals surface area (Å²) < 4.78 is 5.95. The van der Waals surface area contributed by atoms with Crippen molar-refractivity contribution in [3.05, 3.63) is 21.1 Å². The van der Waals surface area contributed by atoms with Crippen molar-refractivity contribution in [1.29, 1.82) is 0 Å². The van der Waals surface area contributed by atoms with Gasteiger partial charge in [-0.3, -0.25) is 0 Å². The van der Waals surface area contributed by atoms with Crippen molar-refractivity contribution in [1.82, 2.24) is 5.16 Å². The van der Waals surface area contributed by atoms with Crippen LogP contribution in [0.3, 0.4) is 0 Å². The predicted octanol–water partition coefficient (Wildman–Crippen LogP) is 2.59. The first-order chi connectivity index (χ1) is 5.77. The molecule has 0 aliphatic rings. The molecule has 0 bridgehead atoms. The molecule has 2 rings (SSSR count). The Kier molecular flexibility index (Phi) is 2.05. The highest BCUT2D eigenvalue weighted by Gasteiger charge is 2.08. The van der Waals surface area contributed by atoms with Gasteiger partial charge in [-0.15, -0.1) is 11.3 Å². The van der Waals surface area contributed by atoms with E-state index in [2.05, 4.69) is 27.7 Å². The zero-order valence-corrected chi connectivity index (χ0v) is 8.93. The van der Waals surface area contributed by atoms with E-state index in [9.17, 15) is 0 Å². The molecule has 2 heterocycles. The number of hydrogen-bond donors (Lipinski definition) is 1. The van der Waals surface area contributed by atoms with Gasteiger partial charge in [0, 0.05) is 9.64 Å². The van der Waals surface area contributed by atoms with E-state index in [1.165, 1.54) is 3.57 Å². The van der Waals surface area contributed by atoms with Crippen LogP contribution in [0, 0.1) is 3.57 Å². The molecule has 0 spiro atoms. The van der Waals surface area contributed by atoms with E-state index in [1.807, 2.05) is 11.4 Å². The molecule has 2 aromatic heterocycles. The molecule has 0 radical (unpaired) electrons. The van der Waals surface area contributed by atoms with Gasteiger partial charge in [0.15, 0.2) is 0 Å². The van der Waals surface area contributed by atoms with Gasteiger partial charge in [-0.2, -0.15) is 0 Å². The number of nitrogens with zero attached hydrogens (tertiary/aromatic N) is 1. The molecular formula is C7H5IN2OS. The highest BCUT2D eigenvalue weighted by molar-refractivity contribution is 14.1. The molecule has 0 saturated heterocycles. The van der Waals surface area contributed by atoms with E-state index in [0.717, 1.165) is 10.6 Å². The molecule has 3 nitrogen and oxygen atoms in total.